The lowest BCUT2D eigenvalue weighted by Gasteiger charge is -2.44. The maximum absolute atomic E-state index is 12.2. The van der Waals surface area contributed by atoms with Gasteiger partial charge in [-0.25, -0.2) is 0 Å². The zero-order valence-electron chi connectivity index (χ0n) is 16.3. The summed E-state index contributed by atoms with van der Waals surface area (Å²) in [6, 6.07) is 11.6. The Morgan fingerprint density at radius 1 is 1.12 bits per heavy atom. The number of benzene rings is 1. The van der Waals surface area contributed by atoms with Gasteiger partial charge in [0.05, 0.1) is 0 Å². The van der Waals surface area contributed by atoms with Crippen LogP contribution in [-0.2, 0) is 10.2 Å². The Hall–Kier alpha value is -1.35. The van der Waals surface area contributed by atoms with E-state index in [1.54, 1.807) is 0 Å². The van der Waals surface area contributed by atoms with Gasteiger partial charge in [-0.05, 0) is 43.6 Å². The molecule has 4 rings (SSSR count). The third-order valence-electron chi connectivity index (χ3n) is 7.10. The van der Waals surface area contributed by atoms with Crippen molar-refractivity contribution in [3.8, 4) is 0 Å². The highest BCUT2D eigenvalue weighted by atomic mass is 16.2. The average molecular weight is 355 g/mol. The van der Waals surface area contributed by atoms with Crippen LogP contribution in [0, 0.1) is 11.8 Å². The molecule has 1 aromatic carbocycles. The largest absolute Gasteiger partial charge is 0.353 e. The van der Waals surface area contributed by atoms with Crippen molar-refractivity contribution in [3.63, 3.8) is 0 Å². The third-order valence-corrected chi connectivity index (χ3v) is 7.10. The van der Waals surface area contributed by atoms with Crippen LogP contribution in [0.1, 0.15) is 63.9 Å². The first-order chi connectivity index (χ1) is 12.7. The first-order valence-corrected chi connectivity index (χ1v) is 10.7. The fourth-order valence-electron chi connectivity index (χ4n) is 5.22. The predicted octanol–water partition coefficient (Wildman–Crippen LogP) is 4.13. The van der Waals surface area contributed by atoms with E-state index in [1.165, 1.54) is 44.2 Å². The first kappa shape index (κ1) is 18.0. The Morgan fingerprint density at radius 2 is 1.77 bits per heavy atom. The van der Waals surface area contributed by atoms with E-state index >= 15 is 0 Å². The number of nitrogens with zero attached hydrogens (tertiary/aromatic N) is 1. The van der Waals surface area contributed by atoms with E-state index in [0.717, 1.165) is 32.4 Å². The number of rotatable bonds is 5. The summed E-state index contributed by atoms with van der Waals surface area (Å²) in [4.78, 5) is 14.9. The molecule has 1 saturated heterocycles. The SMILES string of the molecule is C[C@H]1C[C@@H]1C(=O)NC1CCN(CC2(c3ccccc3)CCCCC2)CC1. The van der Waals surface area contributed by atoms with E-state index in [9.17, 15) is 4.79 Å². The fourth-order valence-corrected chi connectivity index (χ4v) is 5.22. The quantitative estimate of drug-likeness (QED) is 0.862. The van der Waals surface area contributed by atoms with Crippen LogP contribution >= 0.6 is 0 Å². The fraction of sp³-hybridized carbons (Fsp3) is 0.696. The maximum atomic E-state index is 12.2. The number of carbonyl (C=O) groups is 1. The van der Waals surface area contributed by atoms with Crippen LogP contribution in [0.2, 0.25) is 0 Å². The Labute approximate surface area is 158 Å². The molecule has 3 nitrogen and oxygen atoms in total. The maximum Gasteiger partial charge on any atom is 0.223 e. The summed E-state index contributed by atoms with van der Waals surface area (Å²) in [5.74, 6) is 1.22. The van der Waals surface area contributed by atoms with Gasteiger partial charge in [0.1, 0.15) is 0 Å². The first-order valence-electron chi connectivity index (χ1n) is 10.7. The second-order valence-electron chi connectivity index (χ2n) is 9.09. The molecule has 3 fully saturated rings. The molecule has 2 aliphatic carbocycles. The second-order valence-corrected chi connectivity index (χ2v) is 9.09. The molecule has 2 saturated carbocycles. The molecular weight excluding hydrogens is 320 g/mol. The molecule has 3 heteroatoms. The number of likely N-dealkylation sites (tertiary alicyclic amines) is 1. The molecule has 1 N–H and O–H groups in total. The number of hydrogen-bond acceptors (Lipinski definition) is 2. The number of amides is 1. The van der Waals surface area contributed by atoms with E-state index in [-0.39, 0.29) is 0 Å². The van der Waals surface area contributed by atoms with Crippen molar-refractivity contribution in [1.82, 2.24) is 10.2 Å². The van der Waals surface area contributed by atoms with Gasteiger partial charge in [-0.15, -0.1) is 0 Å². The standard InChI is InChI=1S/C23H34N2O/c1-18-16-21(18)22(26)24-20-10-14-25(15-11-20)17-23(12-6-3-7-13-23)19-8-4-2-5-9-19/h2,4-5,8-9,18,20-21H,3,6-7,10-17H2,1H3,(H,24,26)/t18-,21-/m0/s1. The van der Waals surface area contributed by atoms with Crippen molar-refractivity contribution >= 4 is 5.91 Å². The van der Waals surface area contributed by atoms with Crippen molar-refractivity contribution in [2.75, 3.05) is 19.6 Å². The van der Waals surface area contributed by atoms with Crippen LogP contribution in [0.15, 0.2) is 30.3 Å². The number of hydrogen-bond donors (Lipinski definition) is 1. The molecule has 1 heterocycles. The Morgan fingerprint density at radius 3 is 2.38 bits per heavy atom. The summed E-state index contributed by atoms with van der Waals surface area (Å²) in [6.07, 6.45) is 10.1. The molecule has 1 amide bonds. The number of piperidine rings is 1. The molecule has 142 valence electrons. The summed E-state index contributed by atoms with van der Waals surface area (Å²) < 4.78 is 0. The molecule has 0 aromatic heterocycles. The van der Waals surface area contributed by atoms with Crippen LogP contribution in [0.25, 0.3) is 0 Å². The Balaban J connectivity index is 1.34. The van der Waals surface area contributed by atoms with Gasteiger partial charge in [-0.1, -0.05) is 56.5 Å². The normalized spacial score (nSPS) is 29.3. The minimum atomic E-state index is 0.302. The van der Waals surface area contributed by atoms with E-state index in [0.29, 0.717) is 29.2 Å². The van der Waals surface area contributed by atoms with E-state index in [1.807, 2.05) is 0 Å². The third kappa shape index (κ3) is 3.98. The van der Waals surface area contributed by atoms with Crippen molar-refractivity contribution < 1.29 is 4.79 Å². The monoisotopic (exact) mass is 354 g/mol. The second kappa shape index (κ2) is 7.72. The van der Waals surface area contributed by atoms with Crippen LogP contribution in [0.4, 0.5) is 0 Å². The lowest BCUT2D eigenvalue weighted by atomic mass is 9.69. The van der Waals surface area contributed by atoms with Gasteiger partial charge in [0.15, 0.2) is 0 Å². The lowest BCUT2D eigenvalue weighted by Crippen LogP contribution is -2.49. The number of carbonyl (C=O) groups excluding carboxylic acids is 1. The van der Waals surface area contributed by atoms with Crippen LogP contribution in [0.3, 0.4) is 0 Å². The van der Waals surface area contributed by atoms with Gasteiger partial charge in [-0.2, -0.15) is 0 Å². The summed E-state index contributed by atoms with van der Waals surface area (Å²) in [5.41, 5.74) is 1.89. The molecule has 1 aromatic rings. The van der Waals surface area contributed by atoms with E-state index < -0.39 is 0 Å². The van der Waals surface area contributed by atoms with Crippen LogP contribution in [0.5, 0.6) is 0 Å². The summed E-state index contributed by atoms with van der Waals surface area (Å²) in [6.45, 7) is 5.62. The van der Waals surface area contributed by atoms with E-state index in [2.05, 4.69) is 47.5 Å². The van der Waals surface area contributed by atoms with Crippen molar-refractivity contribution in [2.24, 2.45) is 11.8 Å². The molecular formula is C23H34N2O. The van der Waals surface area contributed by atoms with Gasteiger partial charge < -0.3 is 10.2 Å². The summed E-state index contributed by atoms with van der Waals surface area (Å²) in [5, 5.41) is 3.31. The zero-order chi connectivity index (χ0) is 18.0. The average Bonchev–Trinajstić information content (AvgIpc) is 3.42. The van der Waals surface area contributed by atoms with Crippen LogP contribution in [-0.4, -0.2) is 36.5 Å². The van der Waals surface area contributed by atoms with Crippen molar-refractivity contribution in [3.05, 3.63) is 35.9 Å². The van der Waals surface area contributed by atoms with Gasteiger partial charge in [-0.3, -0.25) is 4.79 Å². The van der Waals surface area contributed by atoms with Gasteiger partial charge >= 0.3 is 0 Å². The zero-order valence-corrected chi connectivity index (χ0v) is 16.3. The van der Waals surface area contributed by atoms with Crippen molar-refractivity contribution in [2.45, 2.75) is 69.7 Å². The summed E-state index contributed by atoms with van der Waals surface area (Å²) >= 11 is 0. The Bertz CT molecular complexity index is 600. The molecule has 1 aliphatic heterocycles. The van der Waals surface area contributed by atoms with Crippen molar-refractivity contribution in [1.29, 1.82) is 0 Å². The number of nitrogens with one attached hydrogen (secondary N) is 1. The Kier molecular flexibility index (Phi) is 5.35. The smallest absolute Gasteiger partial charge is 0.223 e. The molecule has 2 atom stereocenters. The molecule has 0 spiro atoms. The minimum Gasteiger partial charge on any atom is -0.353 e. The highest BCUT2D eigenvalue weighted by molar-refractivity contribution is 5.81. The van der Waals surface area contributed by atoms with Gasteiger partial charge in [0.25, 0.3) is 0 Å². The molecule has 26 heavy (non-hydrogen) atoms. The minimum absolute atomic E-state index is 0.302. The molecule has 0 radical (unpaired) electrons. The predicted molar refractivity (Wildman–Crippen MR) is 106 cm³/mol. The molecule has 0 bridgehead atoms. The highest BCUT2D eigenvalue weighted by Crippen LogP contribution is 2.41. The summed E-state index contributed by atoms with van der Waals surface area (Å²) in [7, 11) is 0. The molecule has 3 aliphatic rings. The molecule has 0 unspecified atom stereocenters. The van der Waals surface area contributed by atoms with E-state index in [4.69, 9.17) is 0 Å². The topological polar surface area (TPSA) is 32.3 Å². The van der Waals surface area contributed by atoms with Gasteiger partial charge in [0, 0.05) is 37.0 Å². The lowest BCUT2D eigenvalue weighted by molar-refractivity contribution is -0.123. The van der Waals surface area contributed by atoms with Gasteiger partial charge in [0.2, 0.25) is 5.91 Å². The van der Waals surface area contributed by atoms with Crippen LogP contribution < -0.4 is 5.32 Å². The highest BCUT2D eigenvalue weighted by Gasteiger charge is 2.40.